The Hall–Kier alpha value is -2.40. The molecule has 0 spiro atoms. The van der Waals surface area contributed by atoms with Gasteiger partial charge in [0.1, 0.15) is 6.61 Å². The van der Waals surface area contributed by atoms with Crippen LogP contribution in [0.4, 0.5) is 0 Å². The monoisotopic (exact) mass is 699 g/mol. The summed E-state index contributed by atoms with van der Waals surface area (Å²) in [7, 11) is 0. The summed E-state index contributed by atoms with van der Waals surface area (Å²) in [6.45, 7) is 4.07. The fraction of sp³-hybridized carbons (Fsp3) is 0.733. The van der Waals surface area contributed by atoms with Crippen LogP contribution in [0.5, 0.6) is 0 Å². The van der Waals surface area contributed by atoms with E-state index >= 15 is 0 Å². The topological polar surface area (TPSA) is 72.8 Å². The molecule has 5 heteroatoms. The van der Waals surface area contributed by atoms with E-state index in [0.717, 1.165) is 64.2 Å². The summed E-state index contributed by atoms with van der Waals surface area (Å²) in [5.74, 6) is -0.633. The van der Waals surface area contributed by atoms with Crippen LogP contribution in [0.2, 0.25) is 0 Å². The Morgan fingerprint density at radius 2 is 0.800 bits per heavy atom. The zero-order valence-corrected chi connectivity index (χ0v) is 32.6. The van der Waals surface area contributed by atoms with Crippen LogP contribution in [0.3, 0.4) is 0 Å². The van der Waals surface area contributed by atoms with Gasteiger partial charge in [0.15, 0.2) is 6.10 Å². The fourth-order valence-corrected chi connectivity index (χ4v) is 5.59. The molecule has 1 atom stereocenters. The molecule has 0 heterocycles. The molecule has 288 valence electrons. The van der Waals surface area contributed by atoms with Crippen LogP contribution >= 0.6 is 0 Å². The number of unbranched alkanes of at least 4 members (excludes halogenated alkanes) is 19. The number of aliphatic hydroxyl groups excluding tert-OH is 1. The molecule has 0 aromatic heterocycles. The minimum absolute atomic E-state index is 0.0828. The van der Waals surface area contributed by atoms with E-state index in [4.69, 9.17) is 9.47 Å². The van der Waals surface area contributed by atoms with Crippen molar-refractivity contribution in [2.24, 2.45) is 0 Å². The van der Waals surface area contributed by atoms with Gasteiger partial charge in [0.25, 0.3) is 0 Å². The average Bonchev–Trinajstić information content (AvgIpc) is 3.12. The Morgan fingerprint density at radius 1 is 0.460 bits per heavy atom. The maximum absolute atomic E-state index is 12.2. The van der Waals surface area contributed by atoms with Gasteiger partial charge in [0.05, 0.1) is 6.61 Å². The molecule has 0 aromatic rings. The van der Waals surface area contributed by atoms with Crippen LogP contribution < -0.4 is 0 Å². The third kappa shape index (κ3) is 38.4. The number of hydrogen-bond acceptors (Lipinski definition) is 5. The Balaban J connectivity index is 3.64. The summed E-state index contributed by atoms with van der Waals surface area (Å²) in [6.07, 6.45) is 52.8. The number of aliphatic hydroxyl groups is 1. The Bertz CT molecular complexity index is 884. The standard InChI is InChI=1S/C45H78O5/c1-3-5-7-9-11-13-15-17-19-21-22-24-26-28-30-32-34-36-38-40-45(48)50-43(41-46)42-49-44(47)39-37-35-33-31-29-27-25-23-20-18-16-14-12-10-8-6-4-2/h11,13,17-20,22,24,28,30,43,46H,3-10,12,14-16,21,23,25-27,29,31-42H2,1-2H3/b13-11-,19-17-,20-18-,24-22-,30-28-/t43-/m0/s1. The maximum Gasteiger partial charge on any atom is 0.306 e. The molecule has 50 heavy (non-hydrogen) atoms. The van der Waals surface area contributed by atoms with Gasteiger partial charge in [-0.05, 0) is 83.5 Å². The van der Waals surface area contributed by atoms with E-state index in [-0.39, 0.29) is 25.2 Å². The second kappa shape index (κ2) is 41.0. The minimum Gasteiger partial charge on any atom is -0.462 e. The number of hydrogen-bond donors (Lipinski definition) is 1. The van der Waals surface area contributed by atoms with E-state index in [1.54, 1.807) is 0 Å². The van der Waals surface area contributed by atoms with Crippen LogP contribution in [0, 0.1) is 0 Å². The smallest absolute Gasteiger partial charge is 0.306 e. The number of ether oxygens (including phenoxy) is 2. The lowest BCUT2D eigenvalue weighted by atomic mass is 10.1. The van der Waals surface area contributed by atoms with Gasteiger partial charge in [-0.25, -0.2) is 0 Å². The second-order valence-corrected chi connectivity index (χ2v) is 13.7. The van der Waals surface area contributed by atoms with E-state index in [2.05, 4.69) is 74.6 Å². The summed E-state index contributed by atoms with van der Waals surface area (Å²) in [5.41, 5.74) is 0. The molecule has 0 amide bonds. The van der Waals surface area contributed by atoms with Gasteiger partial charge < -0.3 is 14.6 Å². The van der Waals surface area contributed by atoms with Crippen LogP contribution in [0.1, 0.15) is 194 Å². The number of allylic oxidation sites excluding steroid dienone is 10. The highest BCUT2D eigenvalue weighted by atomic mass is 16.6. The summed E-state index contributed by atoms with van der Waals surface area (Å²) in [4.78, 5) is 24.3. The zero-order chi connectivity index (χ0) is 36.4. The maximum atomic E-state index is 12.2. The predicted molar refractivity (Wildman–Crippen MR) is 214 cm³/mol. The number of carbonyl (C=O) groups excluding carboxylic acids is 2. The van der Waals surface area contributed by atoms with E-state index < -0.39 is 6.10 Å². The first-order valence-electron chi connectivity index (χ1n) is 20.8. The van der Waals surface area contributed by atoms with Crippen molar-refractivity contribution in [1.82, 2.24) is 0 Å². The lowest BCUT2D eigenvalue weighted by molar-refractivity contribution is -0.161. The molecule has 0 fully saturated rings. The van der Waals surface area contributed by atoms with Gasteiger partial charge in [-0.15, -0.1) is 0 Å². The first-order chi connectivity index (χ1) is 24.6. The molecule has 0 saturated carbocycles. The third-order valence-electron chi connectivity index (χ3n) is 8.78. The van der Waals surface area contributed by atoms with Crippen molar-refractivity contribution in [3.05, 3.63) is 60.8 Å². The predicted octanol–water partition coefficient (Wildman–Crippen LogP) is 13.2. The number of carbonyl (C=O) groups is 2. The number of esters is 2. The molecule has 0 aliphatic rings. The second-order valence-electron chi connectivity index (χ2n) is 13.7. The van der Waals surface area contributed by atoms with Gasteiger partial charge in [-0.2, -0.15) is 0 Å². The first kappa shape index (κ1) is 47.6. The summed E-state index contributed by atoms with van der Waals surface area (Å²) >= 11 is 0. The van der Waals surface area contributed by atoms with E-state index in [1.165, 1.54) is 103 Å². The molecule has 0 bridgehead atoms. The molecule has 0 radical (unpaired) electrons. The van der Waals surface area contributed by atoms with Crippen molar-refractivity contribution in [2.45, 2.75) is 200 Å². The van der Waals surface area contributed by atoms with Gasteiger partial charge in [0, 0.05) is 12.8 Å². The summed E-state index contributed by atoms with van der Waals surface area (Å²) < 4.78 is 10.6. The van der Waals surface area contributed by atoms with Gasteiger partial charge in [-0.3, -0.25) is 9.59 Å². The fourth-order valence-electron chi connectivity index (χ4n) is 5.59. The van der Waals surface area contributed by atoms with Gasteiger partial charge in [0.2, 0.25) is 0 Å². The highest BCUT2D eigenvalue weighted by Gasteiger charge is 2.16. The molecule has 1 N–H and O–H groups in total. The first-order valence-corrected chi connectivity index (χ1v) is 20.8. The zero-order valence-electron chi connectivity index (χ0n) is 32.6. The molecule has 0 saturated heterocycles. The average molecular weight is 699 g/mol. The molecular formula is C45H78O5. The van der Waals surface area contributed by atoms with Crippen LogP contribution in [-0.2, 0) is 19.1 Å². The van der Waals surface area contributed by atoms with Gasteiger partial charge in [-0.1, -0.05) is 158 Å². The van der Waals surface area contributed by atoms with E-state index in [9.17, 15) is 14.7 Å². The largest absolute Gasteiger partial charge is 0.462 e. The lowest BCUT2D eigenvalue weighted by Gasteiger charge is -2.15. The quantitative estimate of drug-likeness (QED) is 0.0397. The van der Waals surface area contributed by atoms with Crippen molar-refractivity contribution >= 4 is 11.9 Å². The number of rotatable bonds is 37. The molecule has 0 aliphatic carbocycles. The summed E-state index contributed by atoms with van der Waals surface area (Å²) in [5, 5.41) is 9.56. The highest BCUT2D eigenvalue weighted by molar-refractivity contribution is 5.70. The van der Waals surface area contributed by atoms with E-state index in [1.807, 2.05) is 0 Å². The van der Waals surface area contributed by atoms with Crippen molar-refractivity contribution < 1.29 is 24.2 Å². The van der Waals surface area contributed by atoms with Crippen LogP contribution in [0.25, 0.3) is 0 Å². The van der Waals surface area contributed by atoms with Crippen molar-refractivity contribution in [1.29, 1.82) is 0 Å². The molecular weight excluding hydrogens is 620 g/mol. The highest BCUT2D eigenvalue weighted by Crippen LogP contribution is 2.12. The van der Waals surface area contributed by atoms with Crippen molar-refractivity contribution in [3.63, 3.8) is 0 Å². The molecule has 0 aromatic carbocycles. The molecule has 5 nitrogen and oxygen atoms in total. The van der Waals surface area contributed by atoms with E-state index in [0.29, 0.717) is 12.8 Å². The third-order valence-corrected chi connectivity index (χ3v) is 8.78. The normalized spacial score (nSPS) is 12.8. The summed E-state index contributed by atoms with van der Waals surface area (Å²) in [6, 6.07) is 0. The SMILES string of the molecule is CCCCC/C=C\C/C=C\C/C=C\C/C=C\CCCCCC(=O)O[C@@H](CO)COC(=O)CCCCCCCCC/C=C\CCCCCCCC. The minimum atomic E-state index is -0.791. The van der Waals surface area contributed by atoms with Crippen molar-refractivity contribution in [3.8, 4) is 0 Å². The van der Waals surface area contributed by atoms with Gasteiger partial charge >= 0.3 is 11.9 Å². The Kier molecular flexibility index (Phi) is 39.1. The van der Waals surface area contributed by atoms with Crippen molar-refractivity contribution in [2.75, 3.05) is 13.2 Å². The lowest BCUT2D eigenvalue weighted by Crippen LogP contribution is -2.28. The Morgan fingerprint density at radius 3 is 1.28 bits per heavy atom. The van der Waals surface area contributed by atoms with Crippen LogP contribution in [-0.4, -0.2) is 36.4 Å². The molecule has 0 aliphatic heterocycles. The Labute approximate surface area is 309 Å². The molecule has 0 rings (SSSR count). The van der Waals surface area contributed by atoms with Crippen LogP contribution in [0.15, 0.2) is 60.8 Å². The molecule has 0 unspecified atom stereocenters.